The standard InChI is InChI=1S/C11H14N4/c1-8(2)11-10(12)7-14-15(11)9-3-5-13-6-4-9/h3-8H,12H2,1-2H3. The molecular weight excluding hydrogens is 188 g/mol. The van der Waals surface area contributed by atoms with E-state index in [1.165, 1.54) is 0 Å². The van der Waals surface area contributed by atoms with Crippen LogP contribution in [0.2, 0.25) is 0 Å². The smallest absolute Gasteiger partial charge is 0.0740 e. The van der Waals surface area contributed by atoms with Crippen molar-refractivity contribution in [3.05, 3.63) is 36.4 Å². The normalized spacial score (nSPS) is 10.9. The Morgan fingerprint density at radius 1 is 1.27 bits per heavy atom. The first-order valence-corrected chi connectivity index (χ1v) is 4.94. The van der Waals surface area contributed by atoms with Crippen LogP contribution in [0.5, 0.6) is 0 Å². The summed E-state index contributed by atoms with van der Waals surface area (Å²) < 4.78 is 1.86. The van der Waals surface area contributed by atoms with Crippen molar-refractivity contribution in [2.45, 2.75) is 19.8 Å². The summed E-state index contributed by atoms with van der Waals surface area (Å²) in [4.78, 5) is 3.98. The van der Waals surface area contributed by atoms with Crippen molar-refractivity contribution >= 4 is 5.69 Å². The van der Waals surface area contributed by atoms with E-state index in [2.05, 4.69) is 23.9 Å². The lowest BCUT2D eigenvalue weighted by Crippen LogP contribution is -2.05. The molecule has 2 aromatic rings. The Balaban J connectivity index is 2.54. The first kappa shape index (κ1) is 9.71. The number of pyridine rings is 1. The zero-order chi connectivity index (χ0) is 10.8. The van der Waals surface area contributed by atoms with Crippen molar-refractivity contribution in [3.63, 3.8) is 0 Å². The predicted octanol–water partition coefficient (Wildman–Crippen LogP) is 1.97. The zero-order valence-electron chi connectivity index (χ0n) is 8.88. The average Bonchev–Trinajstić information content (AvgIpc) is 2.61. The highest BCUT2D eigenvalue weighted by molar-refractivity contribution is 5.47. The number of rotatable bonds is 2. The van der Waals surface area contributed by atoms with Crippen LogP contribution in [-0.2, 0) is 0 Å². The summed E-state index contributed by atoms with van der Waals surface area (Å²) in [6, 6.07) is 3.83. The zero-order valence-corrected chi connectivity index (χ0v) is 8.88. The molecule has 0 aromatic carbocycles. The number of hydrogen-bond donors (Lipinski definition) is 1. The topological polar surface area (TPSA) is 56.7 Å². The molecule has 2 N–H and O–H groups in total. The van der Waals surface area contributed by atoms with E-state index in [1.54, 1.807) is 18.6 Å². The second-order valence-electron chi connectivity index (χ2n) is 3.76. The lowest BCUT2D eigenvalue weighted by atomic mass is 10.1. The fraction of sp³-hybridized carbons (Fsp3) is 0.273. The summed E-state index contributed by atoms with van der Waals surface area (Å²) in [6.07, 6.45) is 5.18. The van der Waals surface area contributed by atoms with Crippen LogP contribution in [0, 0.1) is 0 Å². The second kappa shape index (κ2) is 3.73. The highest BCUT2D eigenvalue weighted by Gasteiger charge is 2.12. The first-order valence-electron chi connectivity index (χ1n) is 4.94. The van der Waals surface area contributed by atoms with Gasteiger partial charge in [-0.05, 0) is 18.1 Å². The Morgan fingerprint density at radius 3 is 2.53 bits per heavy atom. The minimum Gasteiger partial charge on any atom is -0.396 e. The number of nitrogens with zero attached hydrogens (tertiary/aromatic N) is 3. The molecule has 0 bridgehead atoms. The monoisotopic (exact) mass is 202 g/mol. The summed E-state index contributed by atoms with van der Waals surface area (Å²) in [6.45, 7) is 4.20. The van der Waals surface area contributed by atoms with Crippen molar-refractivity contribution < 1.29 is 0 Å². The van der Waals surface area contributed by atoms with Crippen LogP contribution in [0.1, 0.15) is 25.5 Å². The molecule has 2 aromatic heterocycles. The number of anilines is 1. The Bertz CT molecular complexity index is 445. The average molecular weight is 202 g/mol. The maximum Gasteiger partial charge on any atom is 0.0740 e. The summed E-state index contributed by atoms with van der Waals surface area (Å²) in [7, 11) is 0. The Hall–Kier alpha value is -1.84. The van der Waals surface area contributed by atoms with Crippen LogP contribution in [0.25, 0.3) is 5.69 Å². The summed E-state index contributed by atoms with van der Waals surface area (Å²) >= 11 is 0. The van der Waals surface area contributed by atoms with Crippen molar-refractivity contribution in [3.8, 4) is 5.69 Å². The van der Waals surface area contributed by atoms with E-state index in [-0.39, 0.29) is 0 Å². The Kier molecular flexibility index (Phi) is 2.41. The molecule has 15 heavy (non-hydrogen) atoms. The number of nitrogen functional groups attached to an aromatic ring is 1. The number of nitrogens with two attached hydrogens (primary N) is 1. The fourth-order valence-corrected chi connectivity index (χ4v) is 1.64. The molecule has 4 nitrogen and oxygen atoms in total. The molecule has 0 aliphatic carbocycles. The fourth-order valence-electron chi connectivity index (χ4n) is 1.64. The van der Waals surface area contributed by atoms with E-state index >= 15 is 0 Å². The molecule has 78 valence electrons. The van der Waals surface area contributed by atoms with Gasteiger partial charge in [-0.25, -0.2) is 4.68 Å². The summed E-state index contributed by atoms with van der Waals surface area (Å²) in [5, 5.41) is 4.27. The first-order chi connectivity index (χ1) is 7.20. The van der Waals surface area contributed by atoms with Crippen LogP contribution in [0.4, 0.5) is 5.69 Å². The molecule has 0 amide bonds. The highest BCUT2D eigenvalue weighted by atomic mass is 15.3. The molecule has 0 saturated carbocycles. The van der Waals surface area contributed by atoms with E-state index in [9.17, 15) is 0 Å². The third kappa shape index (κ3) is 1.70. The second-order valence-corrected chi connectivity index (χ2v) is 3.76. The molecule has 4 heteroatoms. The molecule has 0 aliphatic heterocycles. The maximum absolute atomic E-state index is 5.88. The lowest BCUT2D eigenvalue weighted by molar-refractivity contribution is 0.735. The molecule has 0 aliphatic rings. The molecule has 0 radical (unpaired) electrons. The van der Waals surface area contributed by atoms with Gasteiger partial charge in [0.05, 0.1) is 23.3 Å². The van der Waals surface area contributed by atoms with Gasteiger partial charge in [-0.1, -0.05) is 13.8 Å². The quantitative estimate of drug-likeness (QED) is 0.810. The molecule has 2 heterocycles. The molecule has 2 rings (SSSR count). The molecule has 0 unspecified atom stereocenters. The summed E-state index contributed by atoms with van der Waals surface area (Å²) in [5.41, 5.74) is 8.65. The third-order valence-corrected chi connectivity index (χ3v) is 2.29. The molecular formula is C11H14N4. The van der Waals surface area contributed by atoms with Gasteiger partial charge in [0.1, 0.15) is 0 Å². The molecule has 0 fully saturated rings. The van der Waals surface area contributed by atoms with Gasteiger partial charge in [-0.2, -0.15) is 5.10 Å². The van der Waals surface area contributed by atoms with Crippen LogP contribution in [0.15, 0.2) is 30.7 Å². The van der Waals surface area contributed by atoms with Gasteiger partial charge in [-0.3, -0.25) is 4.98 Å². The van der Waals surface area contributed by atoms with Gasteiger partial charge < -0.3 is 5.73 Å². The van der Waals surface area contributed by atoms with Gasteiger partial charge in [0, 0.05) is 12.4 Å². The van der Waals surface area contributed by atoms with Gasteiger partial charge in [-0.15, -0.1) is 0 Å². The highest BCUT2D eigenvalue weighted by Crippen LogP contribution is 2.23. The minimum atomic E-state index is 0.348. The Morgan fingerprint density at radius 2 is 1.93 bits per heavy atom. The van der Waals surface area contributed by atoms with Crippen LogP contribution < -0.4 is 5.73 Å². The van der Waals surface area contributed by atoms with Crippen LogP contribution in [0.3, 0.4) is 0 Å². The predicted molar refractivity (Wildman–Crippen MR) is 59.9 cm³/mol. The largest absolute Gasteiger partial charge is 0.396 e. The minimum absolute atomic E-state index is 0.348. The van der Waals surface area contributed by atoms with Gasteiger partial charge in [0.25, 0.3) is 0 Å². The van der Waals surface area contributed by atoms with Crippen molar-refractivity contribution in [1.29, 1.82) is 0 Å². The van der Waals surface area contributed by atoms with Crippen LogP contribution in [-0.4, -0.2) is 14.8 Å². The van der Waals surface area contributed by atoms with E-state index < -0.39 is 0 Å². The van der Waals surface area contributed by atoms with E-state index in [0.29, 0.717) is 5.92 Å². The van der Waals surface area contributed by atoms with Gasteiger partial charge in [0.2, 0.25) is 0 Å². The lowest BCUT2D eigenvalue weighted by Gasteiger charge is -2.10. The van der Waals surface area contributed by atoms with E-state index in [0.717, 1.165) is 17.1 Å². The SMILES string of the molecule is CC(C)c1c(N)cnn1-c1ccncc1. The number of aromatic nitrogens is 3. The van der Waals surface area contributed by atoms with Crippen molar-refractivity contribution in [2.75, 3.05) is 5.73 Å². The maximum atomic E-state index is 5.88. The van der Waals surface area contributed by atoms with Gasteiger partial charge in [0.15, 0.2) is 0 Å². The molecule has 0 spiro atoms. The van der Waals surface area contributed by atoms with E-state index in [4.69, 9.17) is 5.73 Å². The van der Waals surface area contributed by atoms with Crippen LogP contribution >= 0.6 is 0 Å². The van der Waals surface area contributed by atoms with Crippen molar-refractivity contribution in [1.82, 2.24) is 14.8 Å². The summed E-state index contributed by atoms with van der Waals surface area (Å²) in [5.74, 6) is 0.348. The molecule has 0 atom stereocenters. The molecule has 0 saturated heterocycles. The van der Waals surface area contributed by atoms with Crippen molar-refractivity contribution in [2.24, 2.45) is 0 Å². The third-order valence-electron chi connectivity index (χ3n) is 2.29. The number of hydrogen-bond acceptors (Lipinski definition) is 3. The van der Waals surface area contributed by atoms with E-state index in [1.807, 2.05) is 16.8 Å². The van der Waals surface area contributed by atoms with Gasteiger partial charge >= 0.3 is 0 Å². The Labute approximate surface area is 88.8 Å².